The highest BCUT2D eigenvalue weighted by Crippen LogP contribution is 2.46. The summed E-state index contributed by atoms with van der Waals surface area (Å²) in [5.74, 6) is 0. The van der Waals surface area contributed by atoms with Gasteiger partial charge in [0, 0.05) is 11.1 Å². The molecule has 1 aliphatic heterocycles. The lowest BCUT2D eigenvalue weighted by molar-refractivity contribution is -0.602. The summed E-state index contributed by atoms with van der Waals surface area (Å²) in [6, 6.07) is 44.5. The van der Waals surface area contributed by atoms with Gasteiger partial charge in [-0.15, -0.1) is 0 Å². The van der Waals surface area contributed by atoms with E-state index in [1.807, 2.05) is 0 Å². The quantitative estimate of drug-likeness (QED) is 0.289. The largest absolute Gasteiger partial charge is 0.250 e. The van der Waals surface area contributed by atoms with Gasteiger partial charge in [-0.25, -0.2) is 0 Å². The number of benzene rings is 4. The SMILES string of the molecule is C[C@H](c1ccccc1)N1C=[N+]([C@H](C)c2ccccc2)[C@@H](c2ccccc2)[C@@H]1c1ccccc1. The van der Waals surface area contributed by atoms with Gasteiger partial charge in [0.15, 0.2) is 12.1 Å². The number of hydrogen-bond donors (Lipinski definition) is 0. The standard InChI is InChI=1S/C31H31N2/c1-24(26-15-7-3-8-16-26)32-23-33(25(2)27-17-9-4-10-18-27)31(29-21-13-6-14-22-29)30(32)28-19-11-5-12-20-28/h3-25,30-31H,1-2H3/q+1/t24-,25-,30+,31+/m1/s1. The van der Waals surface area contributed by atoms with E-state index in [1.54, 1.807) is 0 Å². The smallest absolute Gasteiger partial charge is 0.236 e. The molecule has 0 amide bonds. The van der Waals surface area contributed by atoms with Gasteiger partial charge in [-0.2, -0.15) is 0 Å². The second-order valence-corrected chi connectivity index (χ2v) is 8.89. The van der Waals surface area contributed by atoms with Gasteiger partial charge >= 0.3 is 0 Å². The Labute approximate surface area is 197 Å². The highest BCUT2D eigenvalue weighted by molar-refractivity contribution is 5.56. The molecule has 0 saturated carbocycles. The molecule has 0 saturated heterocycles. The van der Waals surface area contributed by atoms with Crippen LogP contribution in [0.5, 0.6) is 0 Å². The van der Waals surface area contributed by atoms with Gasteiger partial charge in [-0.3, -0.25) is 9.48 Å². The van der Waals surface area contributed by atoms with Crippen molar-refractivity contribution < 1.29 is 4.58 Å². The molecule has 0 spiro atoms. The van der Waals surface area contributed by atoms with Crippen molar-refractivity contribution in [3.8, 4) is 0 Å². The molecule has 0 bridgehead atoms. The molecule has 0 unspecified atom stereocenters. The Kier molecular flexibility index (Phi) is 6.08. The van der Waals surface area contributed by atoms with Crippen molar-refractivity contribution in [2.45, 2.75) is 38.0 Å². The first-order chi connectivity index (χ1) is 16.2. The van der Waals surface area contributed by atoms with Crippen LogP contribution in [0.2, 0.25) is 0 Å². The fraction of sp³-hybridized carbons (Fsp3) is 0.194. The maximum Gasteiger partial charge on any atom is 0.236 e. The molecule has 0 aromatic heterocycles. The summed E-state index contributed by atoms with van der Waals surface area (Å²) in [6.07, 6.45) is 2.38. The van der Waals surface area contributed by atoms with Gasteiger partial charge in [0.2, 0.25) is 6.34 Å². The molecule has 0 N–H and O–H groups in total. The van der Waals surface area contributed by atoms with Crippen LogP contribution in [0.15, 0.2) is 121 Å². The molecule has 2 heteroatoms. The minimum absolute atomic E-state index is 0.204. The van der Waals surface area contributed by atoms with Crippen molar-refractivity contribution >= 4 is 6.34 Å². The zero-order valence-corrected chi connectivity index (χ0v) is 19.3. The Bertz CT molecular complexity index is 1190. The first-order valence-corrected chi connectivity index (χ1v) is 11.8. The molecule has 4 aromatic carbocycles. The zero-order chi connectivity index (χ0) is 22.6. The lowest BCUT2D eigenvalue weighted by atomic mass is 9.90. The number of rotatable bonds is 6. The first kappa shape index (κ1) is 21.2. The van der Waals surface area contributed by atoms with E-state index in [9.17, 15) is 0 Å². The molecule has 0 fully saturated rings. The van der Waals surface area contributed by atoms with Crippen molar-refractivity contribution in [2.75, 3.05) is 0 Å². The van der Waals surface area contributed by atoms with E-state index in [2.05, 4.69) is 151 Å². The van der Waals surface area contributed by atoms with Gasteiger partial charge in [0.05, 0.1) is 0 Å². The second kappa shape index (κ2) is 9.46. The van der Waals surface area contributed by atoms with Crippen LogP contribution in [0.3, 0.4) is 0 Å². The lowest BCUT2D eigenvalue weighted by Crippen LogP contribution is -2.29. The predicted octanol–water partition coefficient (Wildman–Crippen LogP) is 7.35. The topological polar surface area (TPSA) is 6.25 Å². The second-order valence-electron chi connectivity index (χ2n) is 8.89. The van der Waals surface area contributed by atoms with Crippen molar-refractivity contribution in [1.82, 2.24) is 4.90 Å². The molecule has 0 radical (unpaired) electrons. The Morgan fingerprint density at radius 2 is 1.03 bits per heavy atom. The summed E-state index contributed by atoms with van der Waals surface area (Å²) < 4.78 is 2.56. The minimum atomic E-state index is 0.204. The van der Waals surface area contributed by atoms with Gasteiger partial charge in [0.25, 0.3) is 0 Å². The third kappa shape index (κ3) is 4.21. The number of nitrogens with zero attached hydrogens (tertiary/aromatic N) is 2. The molecular formula is C31H31N2+. The maximum absolute atomic E-state index is 2.56. The predicted molar refractivity (Wildman–Crippen MR) is 136 cm³/mol. The third-order valence-electron chi connectivity index (χ3n) is 6.95. The molecule has 1 aliphatic rings. The molecule has 0 aliphatic carbocycles. The summed E-state index contributed by atoms with van der Waals surface area (Å²) in [5.41, 5.74) is 5.34. The highest BCUT2D eigenvalue weighted by atomic mass is 15.3. The van der Waals surface area contributed by atoms with Crippen molar-refractivity contribution in [1.29, 1.82) is 0 Å². The Morgan fingerprint density at radius 3 is 1.58 bits per heavy atom. The van der Waals surface area contributed by atoms with Crippen LogP contribution >= 0.6 is 0 Å². The van der Waals surface area contributed by atoms with Crippen molar-refractivity contribution in [3.63, 3.8) is 0 Å². The fourth-order valence-corrected chi connectivity index (χ4v) is 5.12. The number of hydrogen-bond acceptors (Lipinski definition) is 1. The van der Waals surface area contributed by atoms with Crippen LogP contribution in [0.25, 0.3) is 0 Å². The maximum atomic E-state index is 2.56. The highest BCUT2D eigenvalue weighted by Gasteiger charge is 2.47. The van der Waals surface area contributed by atoms with Gasteiger partial charge in [-0.1, -0.05) is 121 Å². The van der Waals surface area contributed by atoms with E-state index in [0.717, 1.165) is 0 Å². The Morgan fingerprint density at radius 1 is 0.576 bits per heavy atom. The Balaban J connectivity index is 1.66. The average Bonchev–Trinajstić information content (AvgIpc) is 3.30. The van der Waals surface area contributed by atoms with E-state index >= 15 is 0 Å². The molecule has 4 atom stereocenters. The lowest BCUT2D eigenvalue weighted by Gasteiger charge is -2.29. The van der Waals surface area contributed by atoms with E-state index in [1.165, 1.54) is 22.3 Å². The average molecular weight is 432 g/mol. The van der Waals surface area contributed by atoms with E-state index < -0.39 is 0 Å². The minimum Gasteiger partial charge on any atom is -0.250 e. The summed E-state index contributed by atoms with van der Waals surface area (Å²) in [6.45, 7) is 4.64. The molecule has 33 heavy (non-hydrogen) atoms. The molecule has 2 nitrogen and oxygen atoms in total. The summed E-state index contributed by atoms with van der Waals surface area (Å²) >= 11 is 0. The van der Waals surface area contributed by atoms with E-state index in [0.29, 0.717) is 0 Å². The van der Waals surface area contributed by atoms with Crippen molar-refractivity contribution in [2.24, 2.45) is 0 Å². The van der Waals surface area contributed by atoms with Gasteiger partial charge in [0.1, 0.15) is 12.1 Å². The molecule has 164 valence electrons. The van der Waals surface area contributed by atoms with Crippen LogP contribution in [0, 0.1) is 0 Å². The summed E-state index contributed by atoms with van der Waals surface area (Å²) in [5, 5.41) is 0. The van der Waals surface area contributed by atoms with Gasteiger partial charge in [-0.05, 0) is 25.0 Å². The van der Waals surface area contributed by atoms with Crippen LogP contribution in [-0.2, 0) is 0 Å². The first-order valence-electron chi connectivity index (χ1n) is 11.8. The molecule has 5 rings (SSSR count). The summed E-state index contributed by atoms with van der Waals surface area (Å²) in [4.78, 5) is 2.56. The molecular weight excluding hydrogens is 400 g/mol. The van der Waals surface area contributed by atoms with Crippen LogP contribution in [0.4, 0.5) is 0 Å². The molecule has 4 aromatic rings. The van der Waals surface area contributed by atoms with Gasteiger partial charge < -0.3 is 0 Å². The van der Waals surface area contributed by atoms with Crippen LogP contribution in [0.1, 0.15) is 60.3 Å². The van der Waals surface area contributed by atoms with Crippen molar-refractivity contribution in [3.05, 3.63) is 144 Å². The third-order valence-corrected chi connectivity index (χ3v) is 6.95. The summed E-state index contributed by atoms with van der Waals surface area (Å²) in [7, 11) is 0. The van der Waals surface area contributed by atoms with Crippen LogP contribution < -0.4 is 0 Å². The van der Waals surface area contributed by atoms with E-state index in [-0.39, 0.29) is 24.2 Å². The normalized spacial score (nSPS) is 19.7. The fourth-order valence-electron chi connectivity index (χ4n) is 5.12. The van der Waals surface area contributed by atoms with E-state index in [4.69, 9.17) is 0 Å². The van der Waals surface area contributed by atoms with Crippen LogP contribution in [-0.4, -0.2) is 15.8 Å². The Hall–Kier alpha value is -3.65. The monoisotopic (exact) mass is 431 g/mol. The zero-order valence-electron chi connectivity index (χ0n) is 19.3. The molecule has 1 heterocycles.